The number of hydrogen-bond donors (Lipinski definition) is 0. The lowest BCUT2D eigenvalue weighted by Gasteiger charge is -2.35. The summed E-state index contributed by atoms with van der Waals surface area (Å²) in [6.07, 6.45) is -3.54. The highest BCUT2D eigenvalue weighted by molar-refractivity contribution is 5.47. The summed E-state index contributed by atoms with van der Waals surface area (Å²) in [5.41, 5.74) is 3.92. The van der Waals surface area contributed by atoms with E-state index >= 15 is 0 Å². The van der Waals surface area contributed by atoms with Gasteiger partial charge in [0.15, 0.2) is 5.82 Å². The molecule has 0 aliphatic carbocycles. The van der Waals surface area contributed by atoms with Crippen molar-refractivity contribution in [3.8, 4) is 5.69 Å². The zero-order valence-corrected chi connectivity index (χ0v) is 22.4. The van der Waals surface area contributed by atoms with Gasteiger partial charge in [-0.05, 0) is 71.6 Å². The molecule has 1 aromatic heterocycles. The van der Waals surface area contributed by atoms with Crippen LogP contribution in [0.4, 0.5) is 13.2 Å². The van der Waals surface area contributed by atoms with Crippen LogP contribution in [0.3, 0.4) is 0 Å². The molecule has 4 aromatic rings. The molecule has 9 heteroatoms. The van der Waals surface area contributed by atoms with Gasteiger partial charge >= 0.3 is 6.18 Å². The van der Waals surface area contributed by atoms with Gasteiger partial charge < -0.3 is 0 Å². The number of para-hydroxylation sites is 1. The number of halogens is 3. The van der Waals surface area contributed by atoms with Crippen molar-refractivity contribution in [2.24, 2.45) is 0 Å². The van der Waals surface area contributed by atoms with Crippen LogP contribution in [0.15, 0.2) is 72.8 Å². The highest BCUT2D eigenvalue weighted by atomic mass is 19.4. The van der Waals surface area contributed by atoms with E-state index in [0.29, 0.717) is 17.9 Å². The van der Waals surface area contributed by atoms with Crippen LogP contribution in [0.1, 0.15) is 53.0 Å². The molecular formula is C30H33F3N6. The molecule has 3 aromatic carbocycles. The summed E-state index contributed by atoms with van der Waals surface area (Å²) < 4.78 is 43.1. The molecule has 1 aliphatic heterocycles. The lowest BCUT2D eigenvalue weighted by molar-refractivity contribution is -0.137. The van der Waals surface area contributed by atoms with E-state index in [-0.39, 0.29) is 6.04 Å². The summed E-state index contributed by atoms with van der Waals surface area (Å²) in [5.74, 6) is 0.509. The number of hydrogen-bond acceptors (Lipinski definition) is 5. The van der Waals surface area contributed by atoms with Gasteiger partial charge in [-0.3, -0.25) is 9.80 Å². The second-order valence-corrected chi connectivity index (χ2v) is 10.2. The van der Waals surface area contributed by atoms with Crippen LogP contribution in [0.25, 0.3) is 5.69 Å². The Labute approximate surface area is 227 Å². The van der Waals surface area contributed by atoms with E-state index in [9.17, 15) is 13.2 Å². The standard InChI is InChI=1S/C30H33F3N6/c1-4-38(26-16-17-37(20-26)19-23-12-6-5-7-13-23)28(24-14-9-15-25(18-24)30(31,32)33)29-34-35-36-39(29)27-21(2)10-8-11-22(27)3/h5-15,18,26,28H,4,16-17,19-20H2,1-3H3/t26-,28+/m1/s1. The third-order valence-corrected chi connectivity index (χ3v) is 7.58. The largest absolute Gasteiger partial charge is 0.416 e. The molecule has 0 N–H and O–H groups in total. The molecule has 204 valence electrons. The average Bonchev–Trinajstić information content (AvgIpc) is 3.57. The van der Waals surface area contributed by atoms with Crippen molar-refractivity contribution in [3.63, 3.8) is 0 Å². The minimum atomic E-state index is -4.45. The summed E-state index contributed by atoms with van der Waals surface area (Å²) in [5, 5.41) is 12.8. The number of aromatic nitrogens is 4. The Morgan fingerprint density at radius 3 is 2.38 bits per heavy atom. The SMILES string of the molecule is CCN([C@@H]1CCN(Cc2ccccc2)C1)[C@@H](c1cccc(C(F)(F)F)c1)c1nnnn1-c1c(C)cccc1C. The van der Waals surface area contributed by atoms with Gasteiger partial charge in [0.2, 0.25) is 0 Å². The molecule has 1 saturated heterocycles. The van der Waals surface area contributed by atoms with Crippen molar-refractivity contribution in [3.05, 3.63) is 106 Å². The van der Waals surface area contributed by atoms with Gasteiger partial charge in [-0.1, -0.05) is 67.6 Å². The highest BCUT2D eigenvalue weighted by Crippen LogP contribution is 2.37. The number of likely N-dealkylation sites (N-methyl/N-ethyl adjacent to an activating group) is 1. The molecule has 0 bridgehead atoms. The fourth-order valence-electron chi connectivity index (χ4n) is 5.76. The van der Waals surface area contributed by atoms with Crippen molar-refractivity contribution in [2.75, 3.05) is 19.6 Å². The van der Waals surface area contributed by atoms with Gasteiger partial charge in [0.1, 0.15) is 0 Å². The number of tetrazole rings is 1. The van der Waals surface area contributed by atoms with E-state index in [2.05, 4.69) is 37.5 Å². The number of benzene rings is 3. The van der Waals surface area contributed by atoms with E-state index in [1.54, 1.807) is 10.7 Å². The van der Waals surface area contributed by atoms with Crippen molar-refractivity contribution >= 4 is 0 Å². The second kappa shape index (κ2) is 11.3. The van der Waals surface area contributed by atoms with Crippen molar-refractivity contribution < 1.29 is 13.2 Å². The van der Waals surface area contributed by atoms with Gasteiger partial charge in [0, 0.05) is 25.7 Å². The molecule has 0 unspecified atom stereocenters. The molecule has 2 heterocycles. The third-order valence-electron chi connectivity index (χ3n) is 7.58. The Bertz CT molecular complexity index is 1380. The second-order valence-electron chi connectivity index (χ2n) is 10.2. The quantitative estimate of drug-likeness (QED) is 0.278. The van der Waals surface area contributed by atoms with Gasteiger partial charge in [-0.2, -0.15) is 17.9 Å². The van der Waals surface area contributed by atoms with E-state index in [1.165, 1.54) is 17.7 Å². The summed E-state index contributed by atoms with van der Waals surface area (Å²) in [6.45, 7) is 9.21. The Balaban J connectivity index is 1.56. The Morgan fingerprint density at radius 2 is 1.69 bits per heavy atom. The minimum absolute atomic E-state index is 0.126. The molecule has 2 atom stereocenters. The molecule has 6 nitrogen and oxygen atoms in total. The molecule has 39 heavy (non-hydrogen) atoms. The Kier molecular flexibility index (Phi) is 7.81. The fourth-order valence-corrected chi connectivity index (χ4v) is 5.76. The minimum Gasteiger partial charge on any atom is -0.297 e. The first-order chi connectivity index (χ1) is 18.8. The number of alkyl halides is 3. The van der Waals surface area contributed by atoms with E-state index in [0.717, 1.165) is 48.9 Å². The van der Waals surface area contributed by atoms with Crippen LogP contribution in [0.2, 0.25) is 0 Å². The molecule has 0 spiro atoms. The van der Waals surface area contributed by atoms with E-state index in [4.69, 9.17) is 0 Å². The highest BCUT2D eigenvalue weighted by Gasteiger charge is 2.38. The topological polar surface area (TPSA) is 50.1 Å². The number of likely N-dealkylation sites (tertiary alicyclic amines) is 1. The van der Waals surface area contributed by atoms with Crippen LogP contribution >= 0.6 is 0 Å². The molecular weight excluding hydrogens is 501 g/mol. The first-order valence-electron chi connectivity index (χ1n) is 13.3. The van der Waals surface area contributed by atoms with Crippen LogP contribution in [-0.4, -0.2) is 55.7 Å². The van der Waals surface area contributed by atoms with Gasteiger partial charge in [-0.25, -0.2) is 0 Å². The van der Waals surface area contributed by atoms with Gasteiger partial charge in [0.25, 0.3) is 0 Å². The lowest BCUT2D eigenvalue weighted by Crippen LogP contribution is -2.41. The fraction of sp³-hybridized carbons (Fsp3) is 0.367. The lowest BCUT2D eigenvalue weighted by atomic mass is 9.99. The van der Waals surface area contributed by atoms with Crippen LogP contribution in [0, 0.1) is 13.8 Å². The summed E-state index contributed by atoms with van der Waals surface area (Å²) in [7, 11) is 0. The monoisotopic (exact) mass is 534 g/mol. The Morgan fingerprint density at radius 1 is 0.974 bits per heavy atom. The van der Waals surface area contributed by atoms with Crippen LogP contribution in [-0.2, 0) is 12.7 Å². The first kappa shape index (κ1) is 27.0. The van der Waals surface area contributed by atoms with Crippen molar-refractivity contribution in [1.29, 1.82) is 0 Å². The Hall–Kier alpha value is -3.56. The van der Waals surface area contributed by atoms with E-state index in [1.807, 2.05) is 57.2 Å². The molecule has 1 aliphatic rings. The average molecular weight is 535 g/mol. The molecule has 0 amide bonds. The number of rotatable bonds is 8. The summed E-state index contributed by atoms with van der Waals surface area (Å²) in [6, 6.07) is 21.4. The zero-order valence-electron chi connectivity index (χ0n) is 22.4. The molecule has 0 saturated carbocycles. The third kappa shape index (κ3) is 5.74. The van der Waals surface area contributed by atoms with Gasteiger partial charge in [-0.15, -0.1) is 5.10 Å². The molecule has 0 radical (unpaired) electrons. The van der Waals surface area contributed by atoms with Gasteiger partial charge in [0.05, 0.1) is 17.3 Å². The molecule has 5 rings (SSSR count). The zero-order chi connectivity index (χ0) is 27.6. The van der Waals surface area contributed by atoms with Crippen LogP contribution < -0.4 is 0 Å². The summed E-state index contributed by atoms with van der Waals surface area (Å²) in [4.78, 5) is 4.66. The maximum absolute atomic E-state index is 13.8. The predicted octanol–water partition coefficient (Wildman–Crippen LogP) is 5.98. The predicted molar refractivity (Wildman–Crippen MR) is 144 cm³/mol. The first-order valence-corrected chi connectivity index (χ1v) is 13.3. The maximum atomic E-state index is 13.8. The smallest absolute Gasteiger partial charge is 0.297 e. The summed E-state index contributed by atoms with van der Waals surface area (Å²) >= 11 is 0. The van der Waals surface area contributed by atoms with E-state index < -0.39 is 17.8 Å². The van der Waals surface area contributed by atoms with Crippen LogP contribution in [0.5, 0.6) is 0 Å². The number of aryl methyl sites for hydroxylation is 2. The van der Waals surface area contributed by atoms with Crippen molar-refractivity contribution in [1.82, 2.24) is 30.0 Å². The molecule has 1 fully saturated rings. The maximum Gasteiger partial charge on any atom is 0.416 e. The number of nitrogens with zero attached hydrogens (tertiary/aromatic N) is 6. The van der Waals surface area contributed by atoms with Crippen molar-refractivity contribution in [2.45, 2.75) is 52.0 Å². The normalized spacial score (nSPS) is 17.2.